The fourth-order valence-corrected chi connectivity index (χ4v) is 4.44. The van der Waals surface area contributed by atoms with Gasteiger partial charge in [-0.25, -0.2) is 8.42 Å². The minimum Gasteiger partial charge on any atom is -0.457 e. The largest absolute Gasteiger partial charge is 0.457 e. The van der Waals surface area contributed by atoms with Crippen LogP contribution < -0.4 is 15.2 Å². The highest BCUT2D eigenvalue weighted by Gasteiger charge is 2.17. The van der Waals surface area contributed by atoms with E-state index < -0.39 is 10.0 Å². The van der Waals surface area contributed by atoms with Crippen LogP contribution in [0.4, 0.5) is 5.69 Å². The molecule has 0 fully saturated rings. The minimum atomic E-state index is -3.72. The van der Waals surface area contributed by atoms with E-state index in [0.717, 1.165) is 5.56 Å². The molecule has 0 saturated heterocycles. The number of sulfonamides is 1. The van der Waals surface area contributed by atoms with Gasteiger partial charge in [0, 0.05) is 22.7 Å². The number of anilines is 1. The number of aryl methyl sites for hydroxylation is 1. The number of para-hydroxylation sites is 1. The van der Waals surface area contributed by atoms with Crippen molar-refractivity contribution >= 4 is 27.5 Å². The molecule has 0 aliphatic carbocycles. The molecule has 0 amide bonds. The Bertz CT molecular complexity index is 1070. The van der Waals surface area contributed by atoms with Gasteiger partial charge in [0.25, 0.3) is 10.0 Å². The second-order valence-corrected chi connectivity index (χ2v) is 8.71. The molecule has 0 aliphatic rings. The normalized spacial score (nSPS) is 11.2. The van der Waals surface area contributed by atoms with Crippen LogP contribution in [-0.2, 0) is 16.6 Å². The lowest BCUT2D eigenvalue weighted by Gasteiger charge is -2.14. The molecule has 7 heteroatoms. The Kier molecular flexibility index (Phi) is 6.28. The third-order valence-electron chi connectivity index (χ3n) is 4.18. The first-order valence-corrected chi connectivity index (χ1v) is 11.4. The van der Waals surface area contributed by atoms with Gasteiger partial charge in [-0.2, -0.15) is 0 Å². The number of nitrogens with two attached hydrogens (primary N) is 1. The van der Waals surface area contributed by atoms with Crippen molar-refractivity contribution in [2.45, 2.75) is 23.3 Å². The molecule has 3 aromatic rings. The first-order valence-electron chi connectivity index (χ1n) is 8.66. The van der Waals surface area contributed by atoms with Gasteiger partial charge in [0.05, 0.1) is 4.90 Å². The monoisotopic (exact) mass is 414 g/mol. The molecule has 0 unspecified atom stereocenters. The Balaban J connectivity index is 1.87. The van der Waals surface area contributed by atoms with E-state index >= 15 is 0 Å². The molecule has 0 aliphatic heterocycles. The van der Waals surface area contributed by atoms with E-state index in [1.165, 1.54) is 11.0 Å². The second-order valence-electron chi connectivity index (χ2n) is 6.18. The predicted octanol–water partition coefficient (Wildman–Crippen LogP) is 4.77. The molecule has 0 heterocycles. The van der Waals surface area contributed by atoms with E-state index in [-0.39, 0.29) is 11.4 Å². The van der Waals surface area contributed by atoms with Crippen LogP contribution >= 0.6 is 11.8 Å². The van der Waals surface area contributed by atoms with Gasteiger partial charge in [-0.05, 0) is 67.3 Å². The maximum atomic E-state index is 12.7. The van der Waals surface area contributed by atoms with Gasteiger partial charge in [0.15, 0.2) is 0 Å². The van der Waals surface area contributed by atoms with Crippen molar-refractivity contribution in [1.29, 1.82) is 0 Å². The van der Waals surface area contributed by atoms with Gasteiger partial charge in [-0.3, -0.25) is 4.72 Å². The zero-order valence-electron chi connectivity index (χ0n) is 15.7. The van der Waals surface area contributed by atoms with Crippen LogP contribution in [0.25, 0.3) is 0 Å². The minimum absolute atomic E-state index is 0.137. The second kappa shape index (κ2) is 8.68. The van der Waals surface area contributed by atoms with E-state index in [1.54, 1.807) is 48.2 Å². The molecule has 0 saturated carbocycles. The number of hydrogen-bond donors (Lipinski definition) is 2. The zero-order valence-corrected chi connectivity index (χ0v) is 17.3. The number of thioether (sulfide) groups is 1. The SMILES string of the molecule is CSc1ccc(Oc2ccc(S(=O)(=O)Nc3ccccc3)cc2CN)cc1C. The Hall–Kier alpha value is -2.48. The maximum Gasteiger partial charge on any atom is 0.261 e. The Morgan fingerprint density at radius 1 is 1.04 bits per heavy atom. The topological polar surface area (TPSA) is 81.4 Å². The third kappa shape index (κ3) is 4.67. The van der Waals surface area contributed by atoms with Crippen LogP contribution in [0.3, 0.4) is 0 Å². The van der Waals surface area contributed by atoms with E-state index in [9.17, 15) is 8.42 Å². The smallest absolute Gasteiger partial charge is 0.261 e. The van der Waals surface area contributed by atoms with Crippen LogP contribution in [0, 0.1) is 6.92 Å². The van der Waals surface area contributed by atoms with Crippen molar-refractivity contribution in [3.63, 3.8) is 0 Å². The summed E-state index contributed by atoms with van der Waals surface area (Å²) in [4.78, 5) is 1.32. The summed E-state index contributed by atoms with van der Waals surface area (Å²) < 4.78 is 33.8. The number of nitrogens with one attached hydrogen (secondary N) is 1. The van der Waals surface area contributed by atoms with Crippen molar-refractivity contribution in [2.24, 2.45) is 5.73 Å². The van der Waals surface area contributed by atoms with Gasteiger partial charge in [-0.1, -0.05) is 18.2 Å². The average Bonchev–Trinajstić information content (AvgIpc) is 2.69. The summed E-state index contributed by atoms with van der Waals surface area (Å²) in [7, 11) is -3.72. The highest BCUT2D eigenvalue weighted by atomic mass is 32.2. The number of benzene rings is 3. The average molecular weight is 415 g/mol. The van der Waals surface area contributed by atoms with Crippen molar-refractivity contribution in [3.8, 4) is 11.5 Å². The number of rotatable bonds is 7. The summed E-state index contributed by atoms with van der Waals surface area (Å²) in [5.41, 5.74) is 8.08. The highest BCUT2D eigenvalue weighted by molar-refractivity contribution is 7.98. The molecule has 0 aromatic heterocycles. The summed E-state index contributed by atoms with van der Waals surface area (Å²) in [6.45, 7) is 2.18. The molecule has 3 N–H and O–H groups in total. The standard InChI is InChI=1S/C21H22N2O3S2/c1-15-12-18(8-11-21(15)27-2)26-20-10-9-19(13-16(20)14-22)28(24,25)23-17-6-4-3-5-7-17/h3-13,23H,14,22H2,1-2H3. The lowest BCUT2D eigenvalue weighted by atomic mass is 10.2. The molecule has 0 atom stereocenters. The fraction of sp³-hybridized carbons (Fsp3) is 0.143. The lowest BCUT2D eigenvalue weighted by Crippen LogP contribution is -2.13. The van der Waals surface area contributed by atoms with E-state index in [1.807, 2.05) is 37.4 Å². The molecule has 3 rings (SSSR count). The maximum absolute atomic E-state index is 12.7. The summed E-state index contributed by atoms with van der Waals surface area (Å²) in [6.07, 6.45) is 2.03. The zero-order chi connectivity index (χ0) is 20.1. The molecule has 28 heavy (non-hydrogen) atoms. The van der Waals surface area contributed by atoms with Crippen molar-refractivity contribution in [1.82, 2.24) is 0 Å². The van der Waals surface area contributed by atoms with E-state index in [4.69, 9.17) is 10.5 Å². The molecule has 0 bridgehead atoms. The van der Waals surface area contributed by atoms with Gasteiger partial charge < -0.3 is 10.5 Å². The van der Waals surface area contributed by atoms with Crippen LogP contribution in [-0.4, -0.2) is 14.7 Å². The van der Waals surface area contributed by atoms with Crippen LogP contribution in [0.1, 0.15) is 11.1 Å². The molecule has 0 spiro atoms. The van der Waals surface area contributed by atoms with E-state index in [2.05, 4.69) is 4.72 Å². The molecule has 0 radical (unpaired) electrons. The Morgan fingerprint density at radius 2 is 1.79 bits per heavy atom. The summed E-state index contributed by atoms with van der Waals surface area (Å²) >= 11 is 1.67. The van der Waals surface area contributed by atoms with Gasteiger partial charge in [0.2, 0.25) is 0 Å². The van der Waals surface area contributed by atoms with Crippen LogP contribution in [0.5, 0.6) is 11.5 Å². The molecule has 146 valence electrons. The van der Waals surface area contributed by atoms with Crippen LogP contribution in [0.2, 0.25) is 0 Å². The van der Waals surface area contributed by atoms with Crippen molar-refractivity contribution in [3.05, 3.63) is 77.9 Å². The molecular formula is C21H22N2O3S2. The summed E-state index contributed by atoms with van der Waals surface area (Å²) in [6, 6.07) is 19.3. The molecule has 3 aromatic carbocycles. The lowest BCUT2D eigenvalue weighted by molar-refractivity contribution is 0.475. The number of ether oxygens (including phenoxy) is 1. The number of hydrogen-bond acceptors (Lipinski definition) is 5. The van der Waals surface area contributed by atoms with E-state index in [0.29, 0.717) is 22.7 Å². The van der Waals surface area contributed by atoms with Gasteiger partial charge >= 0.3 is 0 Å². The Morgan fingerprint density at radius 3 is 2.43 bits per heavy atom. The quantitative estimate of drug-likeness (QED) is 0.544. The van der Waals surface area contributed by atoms with Gasteiger partial charge in [0.1, 0.15) is 11.5 Å². The first kappa shape index (κ1) is 20.3. The van der Waals surface area contributed by atoms with Crippen LogP contribution in [0.15, 0.2) is 76.5 Å². The Labute approximate surface area is 170 Å². The van der Waals surface area contributed by atoms with Crippen molar-refractivity contribution < 1.29 is 13.2 Å². The fourth-order valence-electron chi connectivity index (χ4n) is 2.74. The van der Waals surface area contributed by atoms with Gasteiger partial charge in [-0.15, -0.1) is 11.8 Å². The first-order chi connectivity index (χ1) is 13.4. The predicted molar refractivity (Wildman–Crippen MR) is 115 cm³/mol. The highest BCUT2D eigenvalue weighted by Crippen LogP contribution is 2.31. The summed E-state index contributed by atoms with van der Waals surface area (Å²) in [5.74, 6) is 1.22. The molecule has 5 nitrogen and oxygen atoms in total. The summed E-state index contributed by atoms with van der Waals surface area (Å²) in [5, 5.41) is 0. The molecular weight excluding hydrogens is 392 g/mol. The van der Waals surface area contributed by atoms with Crippen molar-refractivity contribution in [2.75, 3.05) is 11.0 Å². The third-order valence-corrected chi connectivity index (χ3v) is 6.46.